The molecule has 35 heavy (non-hydrogen) atoms. The number of rotatable bonds is 8. The molecule has 0 aliphatic carbocycles. The van der Waals surface area contributed by atoms with Gasteiger partial charge in [-0.1, -0.05) is 32.4 Å². The number of carboxylic acid groups (broad SMARTS) is 1. The van der Waals surface area contributed by atoms with Gasteiger partial charge in [-0.15, -0.1) is 11.8 Å². The maximum atomic E-state index is 13.0. The van der Waals surface area contributed by atoms with Crippen molar-refractivity contribution in [1.29, 1.82) is 0 Å². The smallest absolute Gasteiger partial charge is 0.416 e. The van der Waals surface area contributed by atoms with Gasteiger partial charge in [0, 0.05) is 16.2 Å². The van der Waals surface area contributed by atoms with Gasteiger partial charge >= 0.3 is 12.1 Å². The first-order valence-electron chi connectivity index (χ1n) is 10.8. The van der Waals surface area contributed by atoms with Gasteiger partial charge in [-0.05, 0) is 66.8 Å². The van der Waals surface area contributed by atoms with Crippen molar-refractivity contribution in [2.45, 2.75) is 50.9 Å². The molecule has 0 spiro atoms. The summed E-state index contributed by atoms with van der Waals surface area (Å²) in [7, 11) is 0. The highest BCUT2D eigenvalue weighted by atomic mass is 35.5. The summed E-state index contributed by atoms with van der Waals surface area (Å²) in [4.78, 5) is 11.7. The molecule has 2 aromatic carbocycles. The Morgan fingerprint density at radius 2 is 1.80 bits per heavy atom. The fourth-order valence-electron chi connectivity index (χ4n) is 3.39. The summed E-state index contributed by atoms with van der Waals surface area (Å²) >= 11 is 8.24. The normalized spacial score (nSPS) is 12.1. The van der Waals surface area contributed by atoms with Gasteiger partial charge in [-0.25, -0.2) is 9.48 Å². The van der Waals surface area contributed by atoms with E-state index < -0.39 is 24.3 Å². The number of aryl methyl sites for hydroxylation is 1. The average Bonchev–Trinajstić information content (AvgIpc) is 3.04. The Hall–Kier alpha value is -2.65. The van der Waals surface area contributed by atoms with Crippen LogP contribution in [0.15, 0.2) is 47.4 Å². The van der Waals surface area contributed by atoms with Crippen LogP contribution in [0.4, 0.5) is 13.2 Å². The third-order valence-electron chi connectivity index (χ3n) is 5.02. The highest BCUT2D eigenvalue weighted by Crippen LogP contribution is 2.36. The maximum absolute atomic E-state index is 13.0. The van der Waals surface area contributed by atoms with Gasteiger partial charge < -0.3 is 9.84 Å². The minimum atomic E-state index is -4.42. The van der Waals surface area contributed by atoms with Crippen molar-refractivity contribution in [3.05, 3.63) is 70.0 Å². The van der Waals surface area contributed by atoms with E-state index in [0.717, 1.165) is 33.8 Å². The highest BCUT2D eigenvalue weighted by Gasteiger charge is 2.30. The molecule has 1 heterocycles. The monoisotopic (exact) mass is 526 g/mol. The number of ether oxygens (including phenoxy) is 1. The zero-order valence-electron chi connectivity index (χ0n) is 19.7. The van der Waals surface area contributed by atoms with E-state index in [9.17, 15) is 18.0 Å². The molecular formula is C25H26ClF3N2O3S. The largest absolute Gasteiger partial charge is 0.482 e. The second-order valence-electron chi connectivity index (χ2n) is 9.31. The van der Waals surface area contributed by atoms with Gasteiger partial charge in [0.15, 0.2) is 6.61 Å². The Bertz CT molecular complexity index is 1200. The van der Waals surface area contributed by atoms with Gasteiger partial charge in [0.1, 0.15) is 10.9 Å². The predicted octanol–water partition coefficient (Wildman–Crippen LogP) is 7.20. The maximum Gasteiger partial charge on any atom is 0.416 e. The first kappa shape index (κ1) is 26.9. The fraction of sp³-hybridized carbons (Fsp3) is 0.360. The average molecular weight is 527 g/mol. The van der Waals surface area contributed by atoms with E-state index in [1.54, 1.807) is 6.07 Å². The Balaban J connectivity index is 1.87. The molecule has 3 aromatic rings. The number of aromatic nitrogens is 2. The SMILES string of the molecule is Cc1cc(SCc2c(CC(C)(C)C)nn(-c3ccc(C(F)(F)F)cc3)c2Cl)ccc1OCC(=O)O. The standard InChI is InChI=1S/C25H26ClF3N2O3S/c1-15-11-18(9-10-21(15)34-13-22(32)33)35-14-19-20(12-24(2,3)4)30-31(23(19)26)17-7-5-16(6-8-17)25(27,28)29/h5-11H,12-14H2,1-4H3,(H,32,33). The van der Waals surface area contributed by atoms with Crippen LogP contribution in [-0.2, 0) is 23.1 Å². The van der Waals surface area contributed by atoms with Crippen LogP contribution in [-0.4, -0.2) is 27.5 Å². The van der Waals surface area contributed by atoms with E-state index in [0.29, 0.717) is 28.8 Å². The zero-order valence-corrected chi connectivity index (χ0v) is 21.3. The van der Waals surface area contributed by atoms with Crippen molar-refractivity contribution in [1.82, 2.24) is 9.78 Å². The lowest BCUT2D eigenvalue weighted by molar-refractivity contribution is -0.139. The molecule has 0 saturated carbocycles. The van der Waals surface area contributed by atoms with Crippen molar-refractivity contribution >= 4 is 29.3 Å². The van der Waals surface area contributed by atoms with Gasteiger partial charge in [0.2, 0.25) is 0 Å². The number of thioether (sulfide) groups is 1. The second-order valence-corrected chi connectivity index (χ2v) is 10.7. The molecule has 1 N–H and O–H groups in total. The molecule has 0 unspecified atom stereocenters. The lowest BCUT2D eigenvalue weighted by atomic mass is 9.89. The second kappa shape index (κ2) is 10.5. The van der Waals surface area contributed by atoms with Crippen molar-refractivity contribution in [2.24, 2.45) is 5.41 Å². The summed E-state index contributed by atoms with van der Waals surface area (Å²) in [6.07, 6.45) is -3.78. The Kier molecular flexibility index (Phi) is 8.11. The molecule has 0 amide bonds. The zero-order chi connectivity index (χ0) is 26.0. The summed E-state index contributed by atoms with van der Waals surface area (Å²) in [6, 6.07) is 10.2. The Morgan fingerprint density at radius 3 is 2.34 bits per heavy atom. The molecule has 3 rings (SSSR count). The van der Waals surface area contributed by atoms with E-state index in [4.69, 9.17) is 21.4 Å². The third-order valence-corrected chi connectivity index (χ3v) is 6.43. The van der Waals surface area contributed by atoms with E-state index in [2.05, 4.69) is 25.9 Å². The van der Waals surface area contributed by atoms with Gasteiger partial charge in [0.25, 0.3) is 0 Å². The molecule has 1 aromatic heterocycles. The summed E-state index contributed by atoms with van der Waals surface area (Å²) in [5.41, 5.74) is 2.04. The quantitative estimate of drug-likeness (QED) is 0.314. The first-order valence-corrected chi connectivity index (χ1v) is 12.1. The minimum absolute atomic E-state index is 0.0816. The number of hydrogen-bond donors (Lipinski definition) is 1. The van der Waals surface area contributed by atoms with Crippen molar-refractivity contribution in [2.75, 3.05) is 6.61 Å². The number of nitrogens with zero attached hydrogens (tertiary/aromatic N) is 2. The van der Waals surface area contributed by atoms with E-state index in [1.807, 2.05) is 19.1 Å². The molecule has 0 saturated heterocycles. The van der Waals surface area contributed by atoms with Gasteiger partial charge in [0.05, 0.1) is 16.9 Å². The van der Waals surface area contributed by atoms with Crippen LogP contribution in [0.3, 0.4) is 0 Å². The van der Waals surface area contributed by atoms with Gasteiger partial charge in [-0.3, -0.25) is 0 Å². The number of hydrogen-bond acceptors (Lipinski definition) is 4. The van der Waals surface area contributed by atoms with Crippen LogP contribution >= 0.6 is 23.4 Å². The molecule has 0 bridgehead atoms. The molecule has 0 aliphatic heterocycles. The topological polar surface area (TPSA) is 64.4 Å². The van der Waals surface area contributed by atoms with Crippen molar-refractivity contribution < 1.29 is 27.8 Å². The number of benzene rings is 2. The molecule has 0 aliphatic rings. The van der Waals surface area contributed by atoms with Crippen molar-refractivity contribution in [3.63, 3.8) is 0 Å². The van der Waals surface area contributed by atoms with Gasteiger partial charge in [-0.2, -0.15) is 18.3 Å². The molecule has 188 valence electrons. The molecular weight excluding hydrogens is 501 g/mol. The van der Waals surface area contributed by atoms with Crippen LogP contribution < -0.4 is 4.74 Å². The summed E-state index contributed by atoms with van der Waals surface area (Å²) in [6.45, 7) is 7.65. The number of carboxylic acids is 1. The summed E-state index contributed by atoms with van der Waals surface area (Å²) in [5.74, 6) is -0.0492. The van der Waals surface area contributed by atoms with Crippen molar-refractivity contribution in [3.8, 4) is 11.4 Å². The fourth-order valence-corrected chi connectivity index (χ4v) is 4.82. The highest BCUT2D eigenvalue weighted by molar-refractivity contribution is 7.98. The predicted molar refractivity (Wildman–Crippen MR) is 131 cm³/mol. The van der Waals surface area contributed by atoms with E-state index in [1.165, 1.54) is 28.6 Å². The summed E-state index contributed by atoms with van der Waals surface area (Å²) < 4.78 is 45.6. The molecule has 0 fully saturated rings. The number of halogens is 4. The van der Waals surface area contributed by atoms with Crippen LogP contribution in [0.25, 0.3) is 5.69 Å². The molecule has 0 radical (unpaired) electrons. The van der Waals surface area contributed by atoms with E-state index in [-0.39, 0.29) is 5.41 Å². The number of aliphatic carboxylic acids is 1. The number of alkyl halides is 3. The molecule has 10 heteroatoms. The Morgan fingerprint density at radius 1 is 1.14 bits per heavy atom. The van der Waals surface area contributed by atoms with Crippen LogP contribution in [0.1, 0.15) is 43.2 Å². The lowest BCUT2D eigenvalue weighted by Crippen LogP contribution is -2.11. The molecule has 0 atom stereocenters. The van der Waals surface area contributed by atoms with Crippen LogP contribution in [0.2, 0.25) is 5.15 Å². The van der Waals surface area contributed by atoms with E-state index >= 15 is 0 Å². The Labute approximate surface area is 211 Å². The van der Waals surface area contributed by atoms with Crippen LogP contribution in [0, 0.1) is 12.3 Å². The first-order chi connectivity index (χ1) is 16.2. The summed E-state index contributed by atoms with van der Waals surface area (Å²) in [5, 5.41) is 13.8. The lowest BCUT2D eigenvalue weighted by Gasteiger charge is -2.17. The minimum Gasteiger partial charge on any atom is -0.482 e. The molecule has 5 nitrogen and oxygen atoms in total. The van der Waals surface area contributed by atoms with Crippen LogP contribution in [0.5, 0.6) is 5.75 Å². The third kappa shape index (κ3) is 7.18. The number of carbonyl (C=O) groups is 1.